The van der Waals surface area contributed by atoms with Crippen LogP contribution >= 0.6 is 19.2 Å². The van der Waals surface area contributed by atoms with Gasteiger partial charge in [0.05, 0.1) is 0 Å². The minimum absolute atomic E-state index is 0.0322. The summed E-state index contributed by atoms with van der Waals surface area (Å²) < 4.78 is 11.2. The lowest BCUT2D eigenvalue weighted by Gasteiger charge is -2.19. The van der Waals surface area contributed by atoms with Crippen LogP contribution in [-0.4, -0.2) is 21.5 Å². The number of benzene rings is 1. The predicted molar refractivity (Wildman–Crippen MR) is 64.8 cm³/mol. The molecule has 5 nitrogen and oxygen atoms in total. The molecular weight excluding hydrogens is 265 g/mol. The molecule has 1 aromatic carbocycles. The Morgan fingerprint density at radius 1 is 1.53 bits per heavy atom. The Bertz CT molecular complexity index is 459. The van der Waals surface area contributed by atoms with Gasteiger partial charge in [0.1, 0.15) is 5.78 Å². The van der Waals surface area contributed by atoms with Crippen molar-refractivity contribution in [1.82, 2.24) is 5.32 Å². The SMILES string of the molecule is CC(=O)N[C@@H](Cc1cccc(Cl)c1)P(=O)(O)O. The summed E-state index contributed by atoms with van der Waals surface area (Å²) in [5.74, 6) is -1.71. The van der Waals surface area contributed by atoms with Gasteiger partial charge in [0, 0.05) is 18.4 Å². The number of hydrogen-bond acceptors (Lipinski definition) is 2. The van der Waals surface area contributed by atoms with E-state index in [-0.39, 0.29) is 6.42 Å². The van der Waals surface area contributed by atoms with E-state index in [4.69, 9.17) is 21.4 Å². The molecule has 1 amide bonds. The number of carbonyl (C=O) groups is 1. The van der Waals surface area contributed by atoms with Crippen LogP contribution in [0.25, 0.3) is 0 Å². The molecule has 1 rings (SSSR count). The number of amides is 1. The van der Waals surface area contributed by atoms with E-state index < -0.39 is 19.3 Å². The van der Waals surface area contributed by atoms with E-state index in [1.54, 1.807) is 24.3 Å². The molecule has 0 fully saturated rings. The molecule has 0 aliphatic heterocycles. The van der Waals surface area contributed by atoms with Crippen LogP contribution in [0.1, 0.15) is 12.5 Å². The maximum Gasteiger partial charge on any atom is 0.347 e. The molecule has 7 heteroatoms. The highest BCUT2D eigenvalue weighted by Gasteiger charge is 2.29. The molecule has 0 radical (unpaired) electrons. The van der Waals surface area contributed by atoms with Crippen molar-refractivity contribution >= 4 is 25.1 Å². The van der Waals surface area contributed by atoms with Gasteiger partial charge in [0.15, 0.2) is 0 Å². The highest BCUT2D eigenvalue weighted by molar-refractivity contribution is 7.52. The molecule has 0 heterocycles. The van der Waals surface area contributed by atoms with Gasteiger partial charge in [-0.25, -0.2) is 0 Å². The molecular formula is C10H13ClNO4P. The van der Waals surface area contributed by atoms with Crippen molar-refractivity contribution in [2.45, 2.75) is 19.1 Å². The first-order valence-electron chi connectivity index (χ1n) is 4.86. The van der Waals surface area contributed by atoms with Crippen LogP contribution in [0.4, 0.5) is 0 Å². The summed E-state index contributed by atoms with van der Waals surface area (Å²) in [5, 5.41) is 2.72. The van der Waals surface area contributed by atoms with Gasteiger partial charge in [-0.15, -0.1) is 0 Å². The second-order valence-corrected chi connectivity index (χ2v) is 5.88. The average molecular weight is 278 g/mol. The fraction of sp³-hybridized carbons (Fsp3) is 0.300. The lowest BCUT2D eigenvalue weighted by molar-refractivity contribution is -0.119. The summed E-state index contributed by atoms with van der Waals surface area (Å²) in [6.07, 6.45) is 0.0322. The Morgan fingerprint density at radius 3 is 2.65 bits per heavy atom. The molecule has 0 spiro atoms. The van der Waals surface area contributed by atoms with E-state index >= 15 is 0 Å². The largest absolute Gasteiger partial charge is 0.347 e. The summed E-state index contributed by atoms with van der Waals surface area (Å²) in [7, 11) is -4.39. The summed E-state index contributed by atoms with van der Waals surface area (Å²) in [4.78, 5) is 29.1. The summed E-state index contributed by atoms with van der Waals surface area (Å²) in [6, 6.07) is 6.64. The van der Waals surface area contributed by atoms with Crippen molar-refractivity contribution in [3.8, 4) is 0 Å². The average Bonchev–Trinajstić information content (AvgIpc) is 2.14. The van der Waals surface area contributed by atoms with Crippen LogP contribution in [0, 0.1) is 0 Å². The van der Waals surface area contributed by atoms with Crippen LogP contribution in [0.3, 0.4) is 0 Å². The van der Waals surface area contributed by atoms with Crippen LogP contribution in [-0.2, 0) is 15.8 Å². The Balaban J connectivity index is 2.87. The molecule has 0 saturated carbocycles. The third-order valence-electron chi connectivity index (χ3n) is 2.09. The molecule has 3 N–H and O–H groups in total. The molecule has 0 aliphatic rings. The fourth-order valence-electron chi connectivity index (χ4n) is 1.38. The Morgan fingerprint density at radius 2 is 2.18 bits per heavy atom. The standard InChI is InChI=1S/C10H13ClNO4P/c1-7(13)12-10(17(14,15)16)6-8-3-2-4-9(11)5-8/h2-5,10H,6H2,1H3,(H,12,13)(H2,14,15,16)/t10-/m1/s1. The first-order chi connectivity index (χ1) is 7.79. The van der Waals surface area contributed by atoms with Gasteiger partial charge >= 0.3 is 7.60 Å². The molecule has 94 valence electrons. The maximum atomic E-state index is 11.2. The topological polar surface area (TPSA) is 86.6 Å². The molecule has 0 aromatic heterocycles. The Labute approximate surface area is 104 Å². The van der Waals surface area contributed by atoms with E-state index in [1.165, 1.54) is 6.92 Å². The summed E-state index contributed by atoms with van der Waals surface area (Å²) in [5.41, 5.74) is 0.652. The monoisotopic (exact) mass is 277 g/mol. The zero-order valence-electron chi connectivity index (χ0n) is 9.13. The Kier molecular flexibility index (Phi) is 4.71. The van der Waals surface area contributed by atoms with E-state index in [2.05, 4.69) is 5.32 Å². The predicted octanol–water partition coefficient (Wildman–Crippen LogP) is 1.52. The molecule has 0 bridgehead atoms. The Hall–Kier alpha value is -0.870. The zero-order chi connectivity index (χ0) is 13.1. The summed E-state index contributed by atoms with van der Waals surface area (Å²) in [6.45, 7) is 1.21. The van der Waals surface area contributed by atoms with Gasteiger partial charge in [0.2, 0.25) is 5.91 Å². The first-order valence-corrected chi connectivity index (χ1v) is 6.92. The van der Waals surface area contributed by atoms with Gasteiger partial charge in [0.25, 0.3) is 0 Å². The minimum Gasteiger partial charge on any atom is -0.342 e. The van der Waals surface area contributed by atoms with Crippen molar-refractivity contribution in [3.05, 3.63) is 34.9 Å². The third-order valence-corrected chi connectivity index (χ3v) is 3.45. The minimum atomic E-state index is -4.39. The van der Waals surface area contributed by atoms with Crippen LogP contribution in [0.15, 0.2) is 24.3 Å². The second kappa shape index (κ2) is 5.65. The lowest BCUT2D eigenvalue weighted by Crippen LogP contribution is -2.34. The maximum absolute atomic E-state index is 11.2. The van der Waals surface area contributed by atoms with Crippen molar-refractivity contribution in [2.75, 3.05) is 0 Å². The smallest absolute Gasteiger partial charge is 0.342 e. The second-order valence-electron chi connectivity index (χ2n) is 3.64. The van der Waals surface area contributed by atoms with Crippen LogP contribution in [0.2, 0.25) is 5.02 Å². The highest BCUT2D eigenvalue weighted by atomic mass is 35.5. The molecule has 1 atom stereocenters. The third kappa shape index (κ3) is 4.88. The van der Waals surface area contributed by atoms with E-state index in [0.717, 1.165) is 0 Å². The van der Waals surface area contributed by atoms with Gasteiger partial charge in [-0.05, 0) is 17.7 Å². The molecule has 0 aliphatic carbocycles. The van der Waals surface area contributed by atoms with Crippen molar-refractivity contribution < 1.29 is 19.1 Å². The highest BCUT2D eigenvalue weighted by Crippen LogP contribution is 2.41. The van der Waals surface area contributed by atoms with E-state index in [9.17, 15) is 9.36 Å². The van der Waals surface area contributed by atoms with Crippen molar-refractivity contribution in [2.24, 2.45) is 0 Å². The van der Waals surface area contributed by atoms with Gasteiger partial charge < -0.3 is 15.1 Å². The van der Waals surface area contributed by atoms with Gasteiger partial charge in [-0.1, -0.05) is 23.7 Å². The summed E-state index contributed by atoms with van der Waals surface area (Å²) >= 11 is 5.77. The van der Waals surface area contributed by atoms with Gasteiger partial charge in [-0.2, -0.15) is 0 Å². The van der Waals surface area contributed by atoms with Crippen molar-refractivity contribution in [3.63, 3.8) is 0 Å². The molecule has 0 saturated heterocycles. The molecule has 1 aromatic rings. The normalized spacial score (nSPS) is 13.2. The molecule has 0 unspecified atom stereocenters. The number of hydrogen-bond donors (Lipinski definition) is 3. The van der Waals surface area contributed by atoms with Crippen LogP contribution < -0.4 is 5.32 Å². The van der Waals surface area contributed by atoms with E-state index in [1.807, 2.05) is 0 Å². The molecule has 17 heavy (non-hydrogen) atoms. The zero-order valence-corrected chi connectivity index (χ0v) is 10.8. The number of nitrogens with one attached hydrogen (secondary N) is 1. The lowest BCUT2D eigenvalue weighted by atomic mass is 10.1. The number of halogens is 1. The number of carbonyl (C=O) groups excluding carboxylic acids is 1. The van der Waals surface area contributed by atoms with E-state index in [0.29, 0.717) is 10.6 Å². The fourth-order valence-corrected chi connectivity index (χ4v) is 2.39. The first kappa shape index (κ1) is 14.2. The van der Waals surface area contributed by atoms with Gasteiger partial charge in [-0.3, -0.25) is 9.36 Å². The quantitative estimate of drug-likeness (QED) is 0.728. The van der Waals surface area contributed by atoms with Crippen molar-refractivity contribution in [1.29, 1.82) is 0 Å². The number of rotatable bonds is 4. The van der Waals surface area contributed by atoms with Crippen LogP contribution in [0.5, 0.6) is 0 Å².